The summed E-state index contributed by atoms with van der Waals surface area (Å²) in [7, 11) is 0. The Morgan fingerprint density at radius 2 is 1.10 bits per heavy atom. The predicted octanol–water partition coefficient (Wildman–Crippen LogP) is 12.8. The van der Waals surface area contributed by atoms with Crippen molar-refractivity contribution in [3.63, 3.8) is 0 Å². The van der Waals surface area contributed by atoms with Gasteiger partial charge in [-0.3, -0.25) is 0 Å². The normalized spacial score (nSPS) is 11.8. The van der Waals surface area contributed by atoms with Gasteiger partial charge >= 0.3 is 0 Å². The molecule has 3 heteroatoms. The van der Waals surface area contributed by atoms with Crippen LogP contribution >= 0.6 is 0 Å². The van der Waals surface area contributed by atoms with Crippen LogP contribution in [0.2, 0.25) is 0 Å². The molecule has 0 spiro atoms. The average molecular weight is 627 g/mol. The van der Waals surface area contributed by atoms with E-state index in [-0.39, 0.29) is 0 Å². The molecule has 0 atom stereocenters. The number of hydrogen-bond acceptors (Lipinski definition) is 2. The summed E-state index contributed by atoms with van der Waals surface area (Å²) < 4.78 is 8.70. The molecule has 8 aromatic carbocycles. The highest BCUT2D eigenvalue weighted by molar-refractivity contribution is 6.13. The summed E-state index contributed by atoms with van der Waals surface area (Å²) in [5, 5.41) is 4.84. The monoisotopic (exact) mass is 626 g/mol. The number of rotatable bonds is 5. The summed E-state index contributed by atoms with van der Waals surface area (Å²) in [5.74, 6) is 1.77. The van der Waals surface area contributed by atoms with Gasteiger partial charge < -0.3 is 14.2 Å². The molecule has 0 saturated heterocycles. The Morgan fingerprint density at radius 1 is 0.429 bits per heavy atom. The maximum Gasteiger partial charge on any atom is 0.152 e. The van der Waals surface area contributed by atoms with E-state index in [2.05, 4.69) is 179 Å². The van der Waals surface area contributed by atoms with Crippen molar-refractivity contribution in [2.45, 2.75) is 0 Å². The van der Waals surface area contributed by atoms with Crippen molar-refractivity contribution >= 4 is 49.6 Å². The van der Waals surface area contributed by atoms with Crippen molar-refractivity contribution in [1.29, 1.82) is 0 Å². The summed E-state index contributed by atoms with van der Waals surface area (Å²) >= 11 is 0. The molecule has 49 heavy (non-hydrogen) atoms. The Labute approximate surface area is 284 Å². The van der Waals surface area contributed by atoms with Crippen molar-refractivity contribution in [2.75, 3.05) is 4.90 Å². The van der Waals surface area contributed by atoms with Crippen LogP contribution in [0.4, 0.5) is 17.1 Å². The van der Waals surface area contributed by atoms with Crippen molar-refractivity contribution in [1.82, 2.24) is 4.57 Å². The zero-order valence-corrected chi connectivity index (χ0v) is 26.6. The van der Waals surface area contributed by atoms with Crippen molar-refractivity contribution in [2.24, 2.45) is 0 Å². The third kappa shape index (κ3) is 4.37. The first-order valence-electron chi connectivity index (χ1n) is 16.7. The summed E-state index contributed by atoms with van der Waals surface area (Å²) in [4.78, 5) is 2.40. The Hall–Kier alpha value is -6.58. The van der Waals surface area contributed by atoms with E-state index in [9.17, 15) is 0 Å². The van der Waals surface area contributed by atoms with Crippen LogP contribution in [0.25, 0.3) is 60.5 Å². The molecule has 2 heterocycles. The first-order valence-corrected chi connectivity index (χ1v) is 16.7. The Balaban J connectivity index is 1.13. The third-order valence-corrected chi connectivity index (χ3v) is 9.77. The molecule has 3 nitrogen and oxygen atoms in total. The zero-order chi connectivity index (χ0) is 32.3. The van der Waals surface area contributed by atoms with E-state index >= 15 is 0 Å². The molecule has 0 saturated carbocycles. The Bertz CT molecular complexity index is 2680. The Morgan fingerprint density at radius 3 is 2.02 bits per heavy atom. The summed E-state index contributed by atoms with van der Waals surface area (Å²) in [6.45, 7) is 0. The predicted molar refractivity (Wildman–Crippen MR) is 204 cm³/mol. The second-order valence-corrected chi connectivity index (χ2v) is 12.6. The number of fused-ring (bicyclic) bond motifs is 6. The molecule has 9 aromatic rings. The molecule has 1 aromatic heterocycles. The van der Waals surface area contributed by atoms with E-state index in [4.69, 9.17) is 4.74 Å². The van der Waals surface area contributed by atoms with Gasteiger partial charge in [0.25, 0.3) is 0 Å². The molecule has 1 aliphatic heterocycles. The largest absolute Gasteiger partial charge is 0.453 e. The molecule has 0 aliphatic carbocycles. The molecule has 1 aliphatic rings. The standard InChI is InChI=1S/C46H30N2O/c1-2-12-32(13-3-1)36-17-6-7-19-40(36)47(41-21-10-15-33-14-4-5-16-37(33)41)35-27-24-31(25-28-35)34-26-29-38-39-18-11-23-45-46(39)48(43(38)30-34)42-20-8-9-22-44(42)49-45/h1-30H. The van der Waals surface area contributed by atoms with Gasteiger partial charge in [0.15, 0.2) is 11.5 Å². The number of benzene rings is 8. The molecule has 0 fully saturated rings. The highest BCUT2D eigenvalue weighted by atomic mass is 16.5. The lowest BCUT2D eigenvalue weighted by atomic mass is 9.99. The molecule has 0 amide bonds. The number of para-hydroxylation sites is 4. The first-order chi connectivity index (χ1) is 24.3. The maximum absolute atomic E-state index is 6.34. The molecule has 0 radical (unpaired) electrons. The molecule has 0 N–H and O–H groups in total. The maximum atomic E-state index is 6.34. The van der Waals surface area contributed by atoms with Crippen LogP contribution in [0.1, 0.15) is 0 Å². The van der Waals surface area contributed by atoms with Gasteiger partial charge in [-0.15, -0.1) is 0 Å². The molecule has 230 valence electrons. The van der Waals surface area contributed by atoms with Crippen molar-refractivity contribution < 1.29 is 4.74 Å². The van der Waals surface area contributed by atoms with Crippen LogP contribution in [0, 0.1) is 0 Å². The fraction of sp³-hybridized carbons (Fsp3) is 0. The molecular formula is C46H30N2O. The minimum atomic E-state index is 0.874. The van der Waals surface area contributed by atoms with Crippen LogP contribution in [0.5, 0.6) is 11.5 Å². The number of nitrogens with zero attached hydrogens (tertiary/aromatic N) is 2. The number of anilines is 3. The topological polar surface area (TPSA) is 17.4 Å². The second-order valence-electron chi connectivity index (χ2n) is 12.6. The van der Waals surface area contributed by atoms with E-state index in [1.54, 1.807) is 0 Å². The van der Waals surface area contributed by atoms with E-state index in [1.807, 2.05) is 12.1 Å². The van der Waals surface area contributed by atoms with Crippen molar-refractivity contribution in [3.8, 4) is 39.4 Å². The summed E-state index contributed by atoms with van der Waals surface area (Å²) in [6.07, 6.45) is 0. The van der Waals surface area contributed by atoms with Gasteiger partial charge in [-0.05, 0) is 70.6 Å². The fourth-order valence-electron chi connectivity index (χ4n) is 7.54. The van der Waals surface area contributed by atoms with Crippen molar-refractivity contribution in [3.05, 3.63) is 182 Å². The third-order valence-electron chi connectivity index (χ3n) is 9.77. The van der Waals surface area contributed by atoms with Gasteiger partial charge in [-0.25, -0.2) is 0 Å². The SMILES string of the molecule is c1ccc(-c2ccccc2N(c2ccc(-c3ccc4c5cccc6c5n(c4c3)-c3ccccc3O6)cc2)c2cccc3ccccc23)cc1. The van der Waals surface area contributed by atoms with E-state index in [1.165, 1.54) is 49.3 Å². The van der Waals surface area contributed by atoms with E-state index in [0.29, 0.717) is 0 Å². The zero-order valence-electron chi connectivity index (χ0n) is 26.6. The van der Waals surface area contributed by atoms with Gasteiger partial charge in [-0.1, -0.05) is 133 Å². The fourth-order valence-corrected chi connectivity index (χ4v) is 7.54. The van der Waals surface area contributed by atoms with Crippen LogP contribution in [0.3, 0.4) is 0 Å². The van der Waals surface area contributed by atoms with E-state index < -0.39 is 0 Å². The quantitative estimate of drug-likeness (QED) is 0.189. The average Bonchev–Trinajstić information content (AvgIpc) is 3.51. The minimum absolute atomic E-state index is 0.874. The van der Waals surface area contributed by atoms with Gasteiger partial charge in [0.2, 0.25) is 0 Å². The van der Waals surface area contributed by atoms with Gasteiger partial charge in [0, 0.05) is 27.4 Å². The van der Waals surface area contributed by atoms with Gasteiger partial charge in [0.1, 0.15) is 0 Å². The van der Waals surface area contributed by atoms with Crippen LogP contribution in [-0.4, -0.2) is 4.57 Å². The number of hydrogen-bond donors (Lipinski definition) is 0. The summed E-state index contributed by atoms with van der Waals surface area (Å²) in [5.41, 5.74) is 11.4. The van der Waals surface area contributed by atoms with Crippen LogP contribution in [-0.2, 0) is 0 Å². The number of aromatic nitrogens is 1. The molecule has 0 unspecified atom stereocenters. The lowest BCUT2D eigenvalue weighted by molar-refractivity contribution is 0.476. The molecular weight excluding hydrogens is 597 g/mol. The second kappa shape index (κ2) is 11.0. The van der Waals surface area contributed by atoms with Gasteiger partial charge in [-0.2, -0.15) is 0 Å². The molecule has 0 bridgehead atoms. The Kier molecular flexibility index (Phi) is 6.18. The van der Waals surface area contributed by atoms with E-state index in [0.717, 1.165) is 39.8 Å². The smallest absolute Gasteiger partial charge is 0.152 e. The van der Waals surface area contributed by atoms with Crippen LogP contribution < -0.4 is 9.64 Å². The molecule has 10 rings (SSSR count). The minimum Gasteiger partial charge on any atom is -0.453 e. The van der Waals surface area contributed by atoms with Crippen LogP contribution in [0.15, 0.2) is 182 Å². The van der Waals surface area contributed by atoms with Gasteiger partial charge in [0.05, 0.1) is 28.1 Å². The highest BCUT2D eigenvalue weighted by Gasteiger charge is 2.24. The highest BCUT2D eigenvalue weighted by Crippen LogP contribution is 2.47. The lowest BCUT2D eigenvalue weighted by Crippen LogP contribution is -2.11. The first kappa shape index (κ1) is 27.5. The summed E-state index contributed by atoms with van der Waals surface area (Å²) in [6, 6.07) is 65.0. The number of ether oxygens (including phenoxy) is 1. The lowest BCUT2D eigenvalue weighted by Gasteiger charge is -2.29.